The molecule has 1 heterocycles. The van der Waals surface area contributed by atoms with Gasteiger partial charge in [0.05, 0.1) is 12.2 Å². The Balaban J connectivity index is 2.17. The molecule has 0 saturated carbocycles. The number of methoxy groups -OCH3 is 1. The SMILES string of the molecule is COCC1CCCN(c2ccc(N)c(C(N)=O)c2)C1. The van der Waals surface area contributed by atoms with Crippen molar-refractivity contribution in [2.45, 2.75) is 12.8 Å². The van der Waals surface area contributed by atoms with Gasteiger partial charge in [-0.05, 0) is 37.0 Å². The van der Waals surface area contributed by atoms with Crippen LogP contribution in [0.4, 0.5) is 11.4 Å². The topological polar surface area (TPSA) is 81.6 Å². The van der Waals surface area contributed by atoms with Crippen molar-refractivity contribution in [3.05, 3.63) is 23.8 Å². The highest BCUT2D eigenvalue weighted by Gasteiger charge is 2.21. The molecule has 0 spiro atoms. The van der Waals surface area contributed by atoms with Crippen LogP contribution in [0.1, 0.15) is 23.2 Å². The molecule has 1 saturated heterocycles. The van der Waals surface area contributed by atoms with Crippen LogP contribution in [-0.4, -0.2) is 32.7 Å². The molecule has 5 nitrogen and oxygen atoms in total. The van der Waals surface area contributed by atoms with Crippen molar-refractivity contribution in [2.75, 3.05) is 37.4 Å². The molecule has 0 bridgehead atoms. The summed E-state index contributed by atoms with van der Waals surface area (Å²) in [4.78, 5) is 13.6. The number of hydrogen-bond acceptors (Lipinski definition) is 4. The van der Waals surface area contributed by atoms with Gasteiger partial charge in [-0.1, -0.05) is 0 Å². The summed E-state index contributed by atoms with van der Waals surface area (Å²) in [5.41, 5.74) is 12.9. The van der Waals surface area contributed by atoms with Gasteiger partial charge in [-0.2, -0.15) is 0 Å². The third-order valence-corrected chi connectivity index (χ3v) is 3.59. The minimum atomic E-state index is -0.482. The highest BCUT2D eigenvalue weighted by atomic mass is 16.5. The predicted octanol–water partition coefficient (Wildman–Crippen LogP) is 1.23. The highest BCUT2D eigenvalue weighted by molar-refractivity contribution is 5.99. The minimum Gasteiger partial charge on any atom is -0.398 e. The first-order chi connectivity index (χ1) is 9.11. The van der Waals surface area contributed by atoms with E-state index in [2.05, 4.69) is 4.90 Å². The van der Waals surface area contributed by atoms with Crippen LogP contribution in [0.25, 0.3) is 0 Å². The Labute approximate surface area is 113 Å². The summed E-state index contributed by atoms with van der Waals surface area (Å²) >= 11 is 0. The first kappa shape index (κ1) is 13.7. The maximum absolute atomic E-state index is 11.3. The minimum absolute atomic E-state index is 0.395. The summed E-state index contributed by atoms with van der Waals surface area (Å²) in [6.07, 6.45) is 2.31. The van der Waals surface area contributed by atoms with Gasteiger partial charge in [-0.25, -0.2) is 0 Å². The van der Waals surface area contributed by atoms with Gasteiger partial charge < -0.3 is 21.1 Å². The van der Waals surface area contributed by atoms with Gasteiger partial charge in [-0.15, -0.1) is 0 Å². The number of piperidine rings is 1. The fourth-order valence-electron chi connectivity index (χ4n) is 2.63. The molecule has 0 aliphatic carbocycles. The summed E-state index contributed by atoms with van der Waals surface area (Å²) in [5, 5.41) is 0. The average Bonchev–Trinajstić information content (AvgIpc) is 2.39. The lowest BCUT2D eigenvalue weighted by Gasteiger charge is -2.34. The van der Waals surface area contributed by atoms with Crippen LogP contribution in [0.15, 0.2) is 18.2 Å². The van der Waals surface area contributed by atoms with Gasteiger partial charge in [0.1, 0.15) is 0 Å². The summed E-state index contributed by atoms with van der Waals surface area (Å²) in [6, 6.07) is 5.47. The maximum atomic E-state index is 11.3. The van der Waals surface area contributed by atoms with Crippen LogP contribution in [0, 0.1) is 5.92 Å². The van der Waals surface area contributed by atoms with Crippen LogP contribution >= 0.6 is 0 Å². The fourth-order valence-corrected chi connectivity index (χ4v) is 2.63. The smallest absolute Gasteiger partial charge is 0.250 e. The van der Waals surface area contributed by atoms with E-state index >= 15 is 0 Å². The lowest BCUT2D eigenvalue weighted by Crippen LogP contribution is -2.37. The van der Waals surface area contributed by atoms with Gasteiger partial charge >= 0.3 is 0 Å². The van der Waals surface area contributed by atoms with Crippen molar-refractivity contribution < 1.29 is 9.53 Å². The van der Waals surface area contributed by atoms with Crippen molar-refractivity contribution in [1.29, 1.82) is 0 Å². The van der Waals surface area contributed by atoms with Gasteiger partial charge in [0.15, 0.2) is 0 Å². The lowest BCUT2D eigenvalue weighted by molar-refractivity contribution is 0.100. The summed E-state index contributed by atoms with van der Waals surface area (Å²) in [7, 11) is 1.73. The van der Waals surface area contributed by atoms with E-state index in [9.17, 15) is 4.79 Å². The molecular weight excluding hydrogens is 242 g/mol. The van der Waals surface area contributed by atoms with Gasteiger partial charge in [0.2, 0.25) is 0 Å². The number of primary amides is 1. The zero-order chi connectivity index (χ0) is 13.8. The number of nitrogen functional groups attached to an aromatic ring is 1. The van der Waals surface area contributed by atoms with Crippen molar-refractivity contribution in [1.82, 2.24) is 0 Å². The van der Waals surface area contributed by atoms with Crippen LogP contribution in [0.5, 0.6) is 0 Å². The number of rotatable bonds is 4. The average molecular weight is 263 g/mol. The number of amides is 1. The fraction of sp³-hybridized carbons (Fsp3) is 0.500. The van der Waals surface area contributed by atoms with E-state index in [4.69, 9.17) is 16.2 Å². The summed E-state index contributed by atoms with van der Waals surface area (Å²) < 4.78 is 5.23. The molecule has 2 rings (SSSR count). The molecule has 4 N–H and O–H groups in total. The molecule has 104 valence electrons. The zero-order valence-electron chi connectivity index (χ0n) is 11.3. The third kappa shape index (κ3) is 3.17. The number of nitrogens with two attached hydrogens (primary N) is 2. The molecule has 1 aromatic carbocycles. The molecule has 19 heavy (non-hydrogen) atoms. The zero-order valence-corrected chi connectivity index (χ0v) is 11.3. The molecule has 1 unspecified atom stereocenters. The van der Waals surface area contributed by atoms with Crippen molar-refractivity contribution >= 4 is 17.3 Å². The second-order valence-corrected chi connectivity index (χ2v) is 5.05. The Morgan fingerprint density at radius 2 is 2.32 bits per heavy atom. The molecule has 1 aliphatic rings. The van der Waals surface area contributed by atoms with Crippen molar-refractivity contribution in [2.24, 2.45) is 11.7 Å². The van der Waals surface area contributed by atoms with E-state index in [1.54, 1.807) is 19.2 Å². The normalized spacial score (nSPS) is 19.4. The first-order valence-electron chi connectivity index (χ1n) is 6.55. The van der Waals surface area contributed by atoms with E-state index in [1.165, 1.54) is 6.42 Å². The van der Waals surface area contributed by atoms with Crippen molar-refractivity contribution in [3.8, 4) is 0 Å². The molecule has 0 aromatic heterocycles. The maximum Gasteiger partial charge on any atom is 0.250 e. The van der Waals surface area contributed by atoms with E-state index in [1.807, 2.05) is 6.07 Å². The standard InChI is InChI=1S/C14H21N3O2/c1-19-9-10-3-2-6-17(8-10)11-4-5-13(15)12(7-11)14(16)18/h4-5,7,10H,2-3,6,8-9,15H2,1H3,(H2,16,18). The lowest BCUT2D eigenvalue weighted by atomic mass is 9.98. The molecule has 1 fully saturated rings. The van der Waals surface area contributed by atoms with Crippen LogP contribution in [0.2, 0.25) is 0 Å². The number of nitrogens with zero attached hydrogens (tertiary/aromatic N) is 1. The third-order valence-electron chi connectivity index (χ3n) is 3.59. The number of carbonyl (C=O) groups is 1. The number of anilines is 2. The Bertz CT molecular complexity index is 460. The Morgan fingerprint density at radius 1 is 1.53 bits per heavy atom. The monoisotopic (exact) mass is 263 g/mol. The van der Waals surface area contributed by atoms with E-state index < -0.39 is 5.91 Å². The second-order valence-electron chi connectivity index (χ2n) is 5.05. The molecular formula is C14H21N3O2. The van der Waals surface area contributed by atoms with Gasteiger partial charge in [0.25, 0.3) is 5.91 Å². The molecule has 1 aromatic rings. The van der Waals surface area contributed by atoms with E-state index in [-0.39, 0.29) is 0 Å². The Morgan fingerprint density at radius 3 is 3.00 bits per heavy atom. The summed E-state index contributed by atoms with van der Waals surface area (Å²) in [6.45, 7) is 2.70. The second kappa shape index (κ2) is 5.93. The number of ether oxygens (including phenoxy) is 1. The molecule has 1 atom stereocenters. The predicted molar refractivity (Wildman–Crippen MR) is 76.2 cm³/mol. The molecule has 1 amide bonds. The van der Waals surface area contributed by atoms with Crippen LogP contribution in [-0.2, 0) is 4.74 Å². The highest BCUT2D eigenvalue weighted by Crippen LogP contribution is 2.26. The van der Waals surface area contributed by atoms with Gasteiger partial charge in [0, 0.05) is 31.6 Å². The molecule has 0 radical (unpaired) electrons. The van der Waals surface area contributed by atoms with Crippen LogP contribution < -0.4 is 16.4 Å². The van der Waals surface area contributed by atoms with E-state index in [0.29, 0.717) is 17.2 Å². The Kier molecular flexibility index (Phi) is 4.27. The molecule has 1 aliphatic heterocycles. The van der Waals surface area contributed by atoms with Crippen LogP contribution in [0.3, 0.4) is 0 Å². The quantitative estimate of drug-likeness (QED) is 0.801. The van der Waals surface area contributed by atoms with Crippen molar-refractivity contribution in [3.63, 3.8) is 0 Å². The van der Waals surface area contributed by atoms with Gasteiger partial charge in [-0.3, -0.25) is 4.79 Å². The first-order valence-corrected chi connectivity index (χ1v) is 6.55. The summed E-state index contributed by atoms with van der Waals surface area (Å²) in [5.74, 6) is 0.0538. The molecule has 5 heteroatoms. The Hall–Kier alpha value is -1.75. The number of hydrogen-bond donors (Lipinski definition) is 2. The number of benzene rings is 1. The van der Waals surface area contributed by atoms with E-state index in [0.717, 1.165) is 31.8 Å². The number of carbonyl (C=O) groups excluding carboxylic acids is 1. The largest absolute Gasteiger partial charge is 0.398 e.